The van der Waals surface area contributed by atoms with Crippen molar-refractivity contribution in [3.63, 3.8) is 0 Å². The average molecular weight is 309 g/mol. The zero-order valence-electron chi connectivity index (χ0n) is 11.1. The number of piperazine rings is 1. The lowest BCUT2D eigenvalue weighted by atomic mass is 10.2. The number of anilines is 2. The molecule has 2 heterocycles. The van der Waals surface area contributed by atoms with Gasteiger partial charge in [0.25, 0.3) is 0 Å². The quantitative estimate of drug-likeness (QED) is 0.946. The Morgan fingerprint density at radius 1 is 1.10 bits per heavy atom. The van der Waals surface area contributed by atoms with Gasteiger partial charge in [0, 0.05) is 48.8 Å². The van der Waals surface area contributed by atoms with Crippen LogP contribution in [0.4, 0.5) is 10.8 Å². The molecule has 3 rings (SSSR count). The highest BCUT2D eigenvalue weighted by molar-refractivity contribution is 7.13. The lowest BCUT2D eigenvalue weighted by Gasteiger charge is -2.36. The Morgan fingerprint density at radius 2 is 1.75 bits per heavy atom. The molecule has 6 heteroatoms. The number of halogens is 1. The van der Waals surface area contributed by atoms with Gasteiger partial charge in [0.05, 0.1) is 5.69 Å². The van der Waals surface area contributed by atoms with Gasteiger partial charge < -0.3 is 15.5 Å². The first-order valence-electron chi connectivity index (χ1n) is 6.66. The maximum atomic E-state index is 5.93. The number of hydrogen-bond acceptors (Lipinski definition) is 5. The van der Waals surface area contributed by atoms with Gasteiger partial charge in [-0.3, -0.25) is 0 Å². The molecule has 0 saturated carbocycles. The van der Waals surface area contributed by atoms with E-state index in [1.165, 1.54) is 5.69 Å². The zero-order valence-corrected chi connectivity index (χ0v) is 12.7. The molecule has 2 aromatic rings. The first-order chi connectivity index (χ1) is 9.76. The van der Waals surface area contributed by atoms with E-state index >= 15 is 0 Å². The minimum Gasteiger partial charge on any atom is -0.368 e. The van der Waals surface area contributed by atoms with Crippen molar-refractivity contribution in [2.45, 2.75) is 6.54 Å². The summed E-state index contributed by atoms with van der Waals surface area (Å²) in [5.41, 5.74) is 7.82. The van der Waals surface area contributed by atoms with Crippen LogP contribution in [0.25, 0.3) is 0 Å². The molecule has 1 aliphatic rings. The Morgan fingerprint density at radius 3 is 2.35 bits per heavy atom. The Labute approximate surface area is 127 Å². The van der Waals surface area contributed by atoms with E-state index in [9.17, 15) is 0 Å². The van der Waals surface area contributed by atoms with Crippen molar-refractivity contribution in [3.8, 4) is 0 Å². The van der Waals surface area contributed by atoms with Gasteiger partial charge in [-0.25, -0.2) is 4.98 Å². The summed E-state index contributed by atoms with van der Waals surface area (Å²) in [5, 5.41) is 3.91. The Bertz CT molecular complexity index is 561. The molecule has 1 fully saturated rings. The van der Waals surface area contributed by atoms with Crippen LogP contribution in [0.15, 0.2) is 29.6 Å². The van der Waals surface area contributed by atoms with E-state index in [2.05, 4.69) is 26.9 Å². The lowest BCUT2D eigenvalue weighted by Crippen LogP contribution is -2.46. The van der Waals surface area contributed by atoms with Crippen LogP contribution in [0, 0.1) is 0 Å². The molecule has 106 valence electrons. The predicted molar refractivity (Wildman–Crippen MR) is 85.9 cm³/mol. The van der Waals surface area contributed by atoms with Crippen molar-refractivity contribution in [2.24, 2.45) is 5.73 Å². The van der Waals surface area contributed by atoms with Crippen LogP contribution >= 0.6 is 22.9 Å². The van der Waals surface area contributed by atoms with Crippen LogP contribution in [0.2, 0.25) is 5.02 Å². The number of thiazole rings is 1. The van der Waals surface area contributed by atoms with Crippen molar-refractivity contribution in [1.29, 1.82) is 0 Å². The third kappa shape index (κ3) is 2.90. The second-order valence-corrected chi connectivity index (χ2v) is 6.05. The van der Waals surface area contributed by atoms with Crippen molar-refractivity contribution < 1.29 is 0 Å². The van der Waals surface area contributed by atoms with E-state index in [4.69, 9.17) is 17.3 Å². The van der Waals surface area contributed by atoms with E-state index in [1.807, 2.05) is 17.5 Å². The Kier molecular flexibility index (Phi) is 4.10. The number of nitrogens with two attached hydrogens (primary N) is 1. The summed E-state index contributed by atoms with van der Waals surface area (Å²) in [7, 11) is 0. The second-order valence-electron chi connectivity index (χ2n) is 4.78. The van der Waals surface area contributed by atoms with E-state index in [1.54, 1.807) is 11.3 Å². The van der Waals surface area contributed by atoms with Crippen LogP contribution < -0.4 is 15.5 Å². The molecule has 1 aliphatic heterocycles. The summed E-state index contributed by atoms with van der Waals surface area (Å²) in [6.07, 6.45) is 0. The average Bonchev–Trinajstić information content (AvgIpc) is 2.97. The molecule has 2 N–H and O–H groups in total. The molecule has 0 unspecified atom stereocenters. The van der Waals surface area contributed by atoms with Gasteiger partial charge in [-0.1, -0.05) is 11.6 Å². The number of aromatic nitrogens is 1. The van der Waals surface area contributed by atoms with Gasteiger partial charge in [-0.15, -0.1) is 11.3 Å². The highest BCUT2D eigenvalue weighted by Gasteiger charge is 2.19. The van der Waals surface area contributed by atoms with Crippen molar-refractivity contribution in [2.75, 3.05) is 36.0 Å². The largest absolute Gasteiger partial charge is 0.368 e. The summed E-state index contributed by atoms with van der Waals surface area (Å²) in [6.45, 7) is 4.49. The van der Waals surface area contributed by atoms with Crippen LogP contribution in [-0.4, -0.2) is 31.2 Å². The lowest BCUT2D eigenvalue weighted by molar-refractivity contribution is 0.651. The molecule has 20 heavy (non-hydrogen) atoms. The van der Waals surface area contributed by atoms with E-state index in [-0.39, 0.29) is 0 Å². The molecule has 1 aromatic heterocycles. The van der Waals surface area contributed by atoms with E-state index in [0.29, 0.717) is 6.54 Å². The Balaban J connectivity index is 1.63. The maximum Gasteiger partial charge on any atom is 0.185 e. The SMILES string of the molecule is NCc1csc(N2CCN(c3ccc(Cl)cc3)CC2)n1. The summed E-state index contributed by atoms with van der Waals surface area (Å²) in [5.74, 6) is 0. The van der Waals surface area contributed by atoms with Gasteiger partial charge >= 0.3 is 0 Å². The summed E-state index contributed by atoms with van der Waals surface area (Å²) in [4.78, 5) is 9.25. The minimum atomic E-state index is 0.515. The van der Waals surface area contributed by atoms with Crippen molar-refractivity contribution in [1.82, 2.24) is 4.98 Å². The smallest absolute Gasteiger partial charge is 0.185 e. The Hall–Kier alpha value is -1.30. The van der Waals surface area contributed by atoms with Gasteiger partial charge in [-0.2, -0.15) is 0 Å². The molecule has 1 saturated heterocycles. The van der Waals surface area contributed by atoms with Gasteiger partial charge in [0.1, 0.15) is 0 Å². The van der Waals surface area contributed by atoms with Gasteiger partial charge in [-0.05, 0) is 24.3 Å². The first-order valence-corrected chi connectivity index (χ1v) is 7.92. The topological polar surface area (TPSA) is 45.4 Å². The van der Waals surface area contributed by atoms with Crippen LogP contribution in [-0.2, 0) is 6.54 Å². The van der Waals surface area contributed by atoms with Crippen LogP contribution in [0.5, 0.6) is 0 Å². The third-order valence-corrected chi connectivity index (χ3v) is 4.69. The molecule has 0 bridgehead atoms. The number of benzene rings is 1. The van der Waals surface area contributed by atoms with Crippen LogP contribution in [0.1, 0.15) is 5.69 Å². The predicted octanol–water partition coefficient (Wildman–Crippen LogP) is 2.58. The molecular weight excluding hydrogens is 292 g/mol. The van der Waals surface area contributed by atoms with E-state index in [0.717, 1.165) is 42.0 Å². The highest BCUT2D eigenvalue weighted by Crippen LogP contribution is 2.24. The number of nitrogens with zero attached hydrogens (tertiary/aromatic N) is 3. The fraction of sp³-hybridized carbons (Fsp3) is 0.357. The van der Waals surface area contributed by atoms with Crippen molar-refractivity contribution >= 4 is 33.8 Å². The maximum absolute atomic E-state index is 5.93. The molecular formula is C14H17ClN4S. The van der Waals surface area contributed by atoms with Gasteiger partial charge in [0.15, 0.2) is 5.13 Å². The molecule has 1 aromatic carbocycles. The molecule has 0 aliphatic carbocycles. The summed E-state index contributed by atoms with van der Waals surface area (Å²) < 4.78 is 0. The third-order valence-electron chi connectivity index (χ3n) is 3.49. The second kappa shape index (κ2) is 5.99. The van der Waals surface area contributed by atoms with Gasteiger partial charge in [0.2, 0.25) is 0 Å². The summed E-state index contributed by atoms with van der Waals surface area (Å²) in [6, 6.07) is 8.04. The van der Waals surface area contributed by atoms with Crippen LogP contribution in [0.3, 0.4) is 0 Å². The first kappa shape index (κ1) is 13.7. The molecule has 0 radical (unpaired) electrons. The molecule has 0 amide bonds. The standard InChI is InChI=1S/C14H17ClN4S/c15-11-1-3-13(4-2-11)18-5-7-19(8-6-18)14-17-12(9-16)10-20-14/h1-4,10H,5-9,16H2. The molecule has 0 atom stereocenters. The highest BCUT2D eigenvalue weighted by atomic mass is 35.5. The van der Waals surface area contributed by atoms with E-state index < -0.39 is 0 Å². The van der Waals surface area contributed by atoms with Crippen molar-refractivity contribution in [3.05, 3.63) is 40.4 Å². The number of rotatable bonds is 3. The minimum absolute atomic E-state index is 0.515. The number of hydrogen-bond donors (Lipinski definition) is 1. The fourth-order valence-electron chi connectivity index (χ4n) is 2.34. The molecule has 0 spiro atoms. The monoisotopic (exact) mass is 308 g/mol. The zero-order chi connectivity index (χ0) is 13.9. The normalized spacial score (nSPS) is 15.7. The summed E-state index contributed by atoms with van der Waals surface area (Å²) >= 11 is 7.60. The molecule has 4 nitrogen and oxygen atoms in total. The fourth-order valence-corrected chi connectivity index (χ4v) is 3.36.